The van der Waals surface area contributed by atoms with Crippen molar-refractivity contribution in [1.29, 1.82) is 0 Å². The zero-order valence-corrected chi connectivity index (χ0v) is 17.3. The third-order valence-corrected chi connectivity index (χ3v) is 5.17. The van der Waals surface area contributed by atoms with Gasteiger partial charge < -0.3 is 9.47 Å². The first-order valence-electron chi connectivity index (χ1n) is 8.81. The summed E-state index contributed by atoms with van der Waals surface area (Å²) in [5.41, 5.74) is 1.68. The summed E-state index contributed by atoms with van der Waals surface area (Å²) >= 11 is 12.2. The Morgan fingerprint density at radius 1 is 1.27 bits per heavy atom. The van der Waals surface area contributed by atoms with Gasteiger partial charge in [0.05, 0.1) is 16.1 Å². The van der Waals surface area contributed by atoms with Gasteiger partial charge in [-0.3, -0.25) is 4.79 Å². The zero-order chi connectivity index (χ0) is 19.3. The Bertz CT molecular complexity index is 700. The van der Waals surface area contributed by atoms with Gasteiger partial charge in [-0.05, 0) is 64.3 Å². The summed E-state index contributed by atoms with van der Waals surface area (Å²) < 4.78 is 11.5. The molecule has 1 aliphatic heterocycles. The number of ether oxygens (including phenoxy) is 2. The largest absolute Gasteiger partial charge is 0.486 e. The van der Waals surface area contributed by atoms with Gasteiger partial charge in [0, 0.05) is 6.42 Å². The lowest BCUT2D eigenvalue weighted by Crippen LogP contribution is -2.27. The van der Waals surface area contributed by atoms with Crippen LogP contribution in [0.5, 0.6) is 5.75 Å². The molecule has 0 saturated carbocycles. The highest BCUT2D eigenvalue weighted by Crippen LogP contribution is 2.32. The smallest absolute Gasteiger partial charge is 0.167 e. The number of hydrogen-bond donors (Lipinski definition) is 0. The van der Waals surface area contributed by atoms with Crippen molar-refractivity contribution in [2.24, 2.45) is 0 Å². The Kier molecular flexibility index (Phi) is 7.33. The Morgan fingerprint density at radius 3 is 2.50 bits per heavy atom. The van der Waals surface area contributed by atoms with Gasteiger partial charge in [0.25, 0.3) is 0 Å². The predicted octanol–water partition coefficient (Wildman–Crippen LogP) is 6.18. The summed E-state index contributed by atoms with van der Waals surface area (Å²) in [4.78, 5) is 11.9. The number of para-hydroxylation sites is 1. The van der Waals surface area contributed by atoms with Crippen molar-refractivity contribution in [3.63, 3.8) is 0 Å². The van der Waals surface area contributed by atoms with Crippen LogP contribution in [0.15, 0.2) is 41.5 Å². The van der Waals surface area contributed by atoms with E-state index in [1.54, 1.807) is 18.2 Å². The van der Waals surface area contributed by atoms with Gasteiger partial charge in [-0.15, -0.1) is 0 Å². The molecule has 3 nitrogen and oxygen atoms in total. The van der Waals surface area contributed by atoms with Crippen molar-refractivity contribution < 1.29 is 14.3 Å². The minimum absolute atomic E-state index is 0.0903. The molecule has 1 unspecified atom stereocenters. The van der Waals surface area contributed by atoms with Crippen molar-refractivity contribution in [1.82, 2.24) is 0 Å². The molecule has 0 aromatic heterocycles. The van der Waals surface area contributed by atoms with E-state index >= 15 is 0 Å². The van der Waals surface area contributed by atoms with Crippen molar-refractivity contribution in [2.45, 2.75) is 58.7 Å². The normalized spacial score (nSPS) is 20.5. The van der Waals surface area contributed by atoms with Crippen LogP contribution in [0.4, 0.5) is 0 Å². The van der Waals surface area contributed by atoms with E-state index < -0.39 is 5.60 Å². The minimum atomic E-state index is -0.660. The molecule has 1 fully saturated rings. The SMILES string of the molecule is C/C(=C\COc1c(Cl)cccc1Cl)CC/C=C(\C)C1CC(=O)C(C)(C)O1. The van der Waals surface area contributed by atoms with Crippen LogP contribution < -0.4 is 4.74 Å². The number of carbonyl (C=O) groups is 1. The van der Waals surface area contributed by atoms with Gasteiger partial charge in [0.15, 0.2) is 11.5 Å². The van der Waals surface area contributed by atoms with Crippen LogP contribution in [0.2, 0.25) is 10.0 Å². The highest BCUT2D eigenvalue weighted by Gasteiger charge is 2.40. The molecule has 1 atom stereocenters. The Hall–Kier alpha value is -1.29. The van der Waals surface area contributed by atoms with E-state index in [9.17, 15) is 4.79 Å². The topological polar surface area (TPSA) is 35.5 Å². The molecule has 1 aliphatic rings. The number of carbonyl (C=O) groups excluding carboxylic acids is 1. The number of Topliss-reactive ketones (excluding diaryl/α,β-unsaturated/α-hetero) is 1. The van der Waals surface area contributed by atoms with Gasteiger partial charge in [-0.25, -0.2) is 0 Å². The van der Waals surface area contributed by atoms with Crippen LogP contribution in [-0.4, -0.2) is 24.1 Å². The number of allylic oxidation sites excluding steroid dienone is 2. The molecule has 1 heterocycles. The summed E-state index contributed by atoms with van der Waals surface area (Å²) in [5.74, 6) is 0.683. The highest BCUT2D eigenvalue weighted by molar-refractivity contribution is 6.37. The maximum absolute atomic E-state index is 11.9. The number of rotatable bonds is 7. The molecule has 0 bridgehead atoms. The van der Waals surface area contributed by atoms with E-state index in [-0.39, 0.29) is 11.9 Å². The molecular formula is C21H26Cl2O3. The summed E-state index contributed by atoms with van der Waals surface area (Å²) in [6.07, 6.45) is 6.38. The standard InChI is InChI=1S/C21H26Cl2O3/c1-14(11-12-25-20-16(22)9-6-10-17(20)23)7-5-8-15(2)18-13-19(24)21(3,4)26-18/h6,8-11,18H,5,7,12-13H2,1-4H3/b14-11+,15-8+. The molecule has 26 heavy (non-hydrogen) atoms. The van der Waals surface area contributed by atoms with E-state index in [1.165, 1.54) is 5.57 Å². The molecule has 0 radical (unpaired) electrons. The van der Waals surface area contributed by atoms with Crippen molar-refractivity contribution in [3.8, 4) is 5.75 Å². The average Bonchev–Trinajstić information content (AvgIpc) is 2.83. The fraction of sp³-hybridized carbons (Fsp3) is 0.476. The molecule has 0 N–H and O–H groups in total. The van der Waals surface area contributed by atoms with E-state index in [2.05, 4.69) is 13.0 Å². The van der Waals surface area contributed by atoms with Crippen molar-refractivity contribution >= 4 is 29.0 Å². The average molecular weight is 397 g/mol. The molecule has 0 amide bonds. The molecule has 2 rings (SSSR count). The molecule has 0 aliphatic carbocycles. The number of hydrogen-bond acceptors (Lipinski definition) is 3. The summed E-state index contributed by atoms with van der Waals surface area (Å²) in [6, 6.07) is 5.30. The van der Waals surface area contributed by atoms with Gasteiger partial charge in [0.1, 0.15) is 12.2 Å². The summed E-state index contributed by atoms with van der Waals surface area (Å²) in [5, 5.41) is 1.02. The first-order chi connectivity index (χ1) is 12.2. The van der Waals surface area contributed by atoms with Gasteiger partial charge in [0.2, 0.25) is 0 Å². The van der Waals surface area contributed by atoms with Crippen LogP contribution in [0, 0.1) is 0 Å². The molecule has 0 spiro atoms. The van der Waals surface area contributed by atoms with E-state index in [0.717, 1.165) is 18.4 Å². The Morgan fingerprint density at radius 2 is 1.92 bits per heavy atom. The summed E-state index contributed by atoms with van der Waals surface area (Å²) in [6.45, 7) is 8.19. The molecule has 5 heteroatoms. The Labute approximate surface area is 166 Å². The van der Waals surface area contributed by atoms with Crippen LogP contribution in [-0.2, 0) is 9.53 Å². The molecule has 142 valence electrons. The highest BCUT2D eigenvalue weighted by atomic mass is 35.5. The molecular weight excluding hydrogens is 371 g/mol. The number of halogens is 2. The fourth-order valence-electron chi connectivity index (χ4n) is 2.78. The Balaban J connectivity index is 1.80. The summed E-state index contributed by atoms with van der Waals surface area (Å²) in [7, 11) is 0. The van der Waals surface area contributed by atoms with E-state index in [0.29, 0.717) is 28.8 Å². The third kappa shape index (κ3) is 5.60. The van der Waals surface area contributed by atoms with Gasteiger partial charge >= 0.3 is 0 Å². The monoisotopic (exact) mass is 396 g/mol. The van der Waals surface area contributed by atoms with Crippen LogP contribution in [0.1, 0.15) is 47.0 Å². The zero-order valence-electron chi connectivity index (χ0n) is 15.8. The van der Waals surface area contributed by atoms with Crippen LogP contribution in [0.25, 0.3) is 0 Å². The second-order valence-corrected chi connectivity index (χ2v) is 7.96. The lowest BCUT2D eigenvalue weighted by atomic mass is 10.0. The lowest BCUT2D eigenvalue weighted by molar-refractivity contribution is -0.129. The molecule has 1 aromatic carbocycles. The van der Waals surface area contributed by atoms with Crippen LogP contribution >= 0.6 is 23.2 Å². The van der Waals surface area contributed by atoms with Crippen molar-refractivity contribution in [3.05, 3.63) is 51.5 Å². The number of ketones is 1. The maximum atomic E-state index is 11.9. The minimum Gasteiger partial charge on any atom is -0.486 e. The second-order valence-electron chi connectivity index (χ2n) is 7.14. The fourth-order valence-corrected chi connectivity index (χ4v) is 3.29. The second kappa shape index (κ2) is 9.07. The van der Waals surface area contributed by atoms with Gasteiger partial charge in [-0.2, -0.15) is 0 Å². The maximum Gasteiger partial charge on any atom is 0.167 e. The van der Waals surface area contributed by atoms with Crippen LogP contribution in [0.3, 0.4) is 0 Å². The first kappa shape index (κ1) is 21.0. The van der Waals surface area contributed by atoms with E-state index in [1.807, 2.05) is 26.8 Å². The quantitative estimate of drug-likeness (QED) is 0.515. The predicted molar refractivity (Wildman–Crippen MR) is 107 cm³/mol. The molecule has 1 saturated heterocycles. The van der Waals surface area contributed by atoms with Crippen molar-refractivity contribution in [2.75, 3.05) is 6.61 Å². The first-order valence-corrected chi connectivity index (χ1v) is 9.56. The molecule has 1 aromatic rings. The number of benzene rings is 1. The van der Waals surface area contributed by atoms with Gasteiger partial charge in [-0.1, -0.05) is 40.9 Å². The van der Waals surface area contributed by atoms with E-state index in [4.69, 9.17) is 32.7 Å². The third-order valence-electron chi connectivity index (χ3n) is 4.57. The lowest BCUT2D eigenvalue weighted by Gasteiger charge is -2.18.